The van der Waals surface area contributed by atoms with Crippen molar-refractivity contribution in [3.05, 3.63) is 86.4 Å². The first-order valence-electron chi connectivity index (χ1n) is 9.29. The van der Waals surface area contributed by atoms with Gasteiger partial charge in [-0.2, -0.15) is 0 Å². The van der Waals surface area contributed by atoms with Gasteiger partial charge in [-0.3, -0.25) is 4.79 Å². The van der Waals surface area contributed by atoms with Gasteiger partial charge >= 0.3 is 0 Å². The first-order chi connectivity index (χ1) is 14.3. The zero-order valence-corrected chi connectivity index (χ0v) is 18.8. The number of rotatable bonds is 7. The van der Waals surface area contributed by atoms with Crippen LogP contribution in [0.3, 0.4) is 0 Å². The first kappa shape index (κ1) is 22.3. The summed E-state index contributed by atoms with van der Waals surface area (Å²) in [5, 5.41) is 7.79. The Labute approximate surface area is 191 Å². The van der Waals surface area contributed by atoms with Crippen LogP contribution >= 0.6 is 34.8 Å². The zero-order chi connectivity index (χ0) is 21.7. The second-order valence-corrected chi connectivity index (χ2v) is 8.13. The number of hydrogen-bond donors (Lipinski definition) is 2. The molecule has 0 radical (unpaired) electrons. The molecule has 0 unspecified atom stereocenters. The number of carbonyl (C=O) groups excluding carboxylic acids is 1. The number of anilines is 2. The predicted octanol–water partition coefficient (Wildman–Crippen LogP) is 6.89. The summed E-state index contributed by atoms with van der Waals surface area (Å²) in [6, 6.07) is 16.5. The van der Waals surface area contributed by atoms with Crippen LogP contribution in [0.4, 0.5) is 11.4 Å². The molecule has 0 atom stereocenters. The van der Waals surface area contributed by atoms with Crippen LogP contribution in [0.25, 0.3) is 0 Å². The van der Waals surface area contributed by atoms with Crippen molar-refractivity contribution in [1.82, 2.24) is 0 Å². The minimum absolute atomic E-state index is 0.162. The molecule has 0 saturated heterocycles. The summed E-state index contributed by atoms with van der Waals surface area (Å²) in [7, 11) is 0. The molecule has 2 N–H and O–H groups in total. The average Bonchev–Trinajstić information content (AvgIpc) is 2.70. The highest BCUT2D eigenvalue weighted by molar-refractivity contribution is 6.32. The Morgan fingerprint density at radius 1 is 0.900 bits per heavy atom. The Balaban J connectivity index is 1.55. The van der Waals surface area contributed by atoms with Crippen LogP contribution in [-0.4, -0.2) is 12.5 Å². The van der Waals surface area contributed by atoms with E-state index in [-0.39, 0.29) is 12.5 Å². The third-order valence-electron chi connectivity index (χ3n) is 4.49. The molecule has 0 aliphatic heterocycles. The molecule has 3 rings (SSSR count). The molecule has 1 amide bonds. The normalized spacial score (nSPS) is 10.6. The van der Waals surface area contributed by atoms with Gasteiger partial charge in [-0.15, -0.1) is 0 Å². The van der Waals surface area contributed by atoms with Crippen molar-refractivity contribution in [2.75, 3.05) is 17.2 Å². The lowest BCUT2D eigenvalue weighted by Gasteiger charge is -2.12. The van der Waals surface area contributed by atoms with E-state index in [4.69, 9.17) is 39.5 Å². The summed E-state index contributed by atoms with van der Waals surface area (Å²) in [4.78, 5) is 12.1. The predicted molar refractivity (Wildman–Crippen MR) is 125 cm³/mol. The molecule has 7 heteroatoms. The lowest BCUT2D eigenvalue weighted by atomic mass is 10.1. The third kappa shape index (κ3) is 6.05. The van der Waals surface area contributed by atoms with Crippen molar-refractivity contribution in [3.63, 3.8) is 0 Å². The van der Waals surface area contributed by atoms with Crippen LogP contribution in [0.15, 0.2) is 54.6 Å². The molecule has 0 spiro atoms. The molecular formula is C23H21Cl3N2O2. The smallest absolute Gasteiger partial charge is 0.262 e. The molecule has 0 aromatic heterocycles. The van der Waals surface area contributed by atoms with E-state index in [1.165, 1.54) is 0 Å². The zero-order valence-electron chi connectivity index (χ0n) is 16.6. The highest BCUT2D eigenvalue weighted by Gasteiger charge is 2.09. The van der Waals surface area contributed by atoms with Crippen LogP contribution in [0.2, 0.25) is 15.1 Å². The fourth-order valence-electron chi connectivity index (χ4n) is 2.76. The Hall–Kier alpha value is -2.40. The standard InChI is InChI=1S/C23H21Cl3N2O2/c1-14-4-7-18(11-19(14)25)28-23(29)13-30-22-8-5-16(9-20(22)26)12-27-21-10-17(24)6-3-15(21)2/h3-11,27H,12-13H2,1-2H3,(H,28,29). The maximum Gasteiger partial charge on any atom is 0.262 e. The van der Waals surface area contributed by atoms with Crippen molar-refractivity contribution in [1.29, 1.82) is 0 Å². The van der Waals surface area contributed by atoms with Gasteiger partial charge in [0.25, 0.3) is 5.91 Å². The molecule has 0 fully saturated rings. The number of amides is 1. The van der Waals surface area contributed by atoms with Crippen molar-refractivity contribution < 1.29 is 9.53 Å². The average molecular weight is 464 g/mol. The topological polar surface area (TPSA) is 50.4 Å². The van der Waals surface area contributed by atoms with E-state index >= 15 is 0 Å². The molecular weight excluding hydrogens is 443 g/mol. The molecule has 0 heterocycles. The molecule has 3 aromatic carbocycles. The van der Waals surface area contributed by atoms with E-state index < -0.39 is 0 Å². The molecule has 0 saturated carbocycles. The van der Waals surface area contributed by atoms with Crippen LogP contribution in [0, 0.1) is 13.8 Å². The summed E-state index contributed by atoms with van der Waals surface area (Å²) in [5.74, 6) is 0.143. The summed E-state index contributed by atoms with van der Waals surface area (Å²) in [5.41, 5.74) is 4.60. The second kappa shape index (κ2) is 10.1. The Bertz CT molecular complexity index is 1070. The second-order valence-electron chi connectivity index (χ2n) is 6.88. The quantitative estimate of drug-likeness (QED) is 0.401. The van der Waals surface area contributed by atoms with E-state index in [0.717, 1.165) is 22.4 Å². The van der Waals surface area contributed by atoms with Gasteiger partial charge in [0, 0.05) is 28.0 Å². The molecule has 0 aliphatic rings. The minimum Gasteiger partial charge on any atom is -0.482 e. The van der Waals surface area contributed by atoms with Crippen LogP contribution in [-0.2, 0) is 11.3 Å². The summed E-state index contributed by atoms with van der Waals surface area (Å²) < 4.78 is 5.56. The highest BCUT2D eigenvalue weighted by atomic mass is 35.5. The Morgan fingerprint density at radius 2 is 1.67 bits per heavy atom. The van der Waals surface area contributed by atoms with Gasteiger partial charge in [0.15, 0.2) is 6.61 Å². The summed E-state index contributed by atoms with van der Waals surface area (Å²) in [6.45, 7) is 4.33. The monoisotopic (exact) mass is 462 g/mol. The van der Waals surface area contributed by atoms with Gasteiger partial charge in [0.05, 0.1) is 5.02 Å². The summed E-state index contributed by atoms with van der Waals surface area (Å²) >= 11 is 18.5. The Morgan fingerprint density at radius 3 is 2.40 bits per heavy atom. The molecule has 0 bridgehead atoms. The van der Waals surface area contributed by atoms with Gasteiger partial charge in [0.1, 0.15) is 5.75 Å². The van der Waals surface area contributed by atoms with Gasteiger partial charge in [-0.1, -0.05) is 53.0 Å². The molecule has 0 aliphatic carbocycles. The minimum atomic E-state index is -0.298. The van der Waals surface area contributed by atoms with Crippen molar-refractivity contribution in [2.24, 2.45) is 0 Å². The van der Waals surface area contributed by atoms with E-state index in [1.54, 1.807) is 24.3 Å². The maximum atomic E-state index is 12.1. The number of aryl methyl sites for hydroxylation is 2. The molecule has 156 valence electrons. The van der Waals surface area contributed by atoms with Crippen molar-refractivity contribution >= 4 is 52.1 Å². The van der Waals surface area contributed by atoms with Crippen molar-refractivity contribution in [3.8, 4) is 5.75 Å². The van der Waals surface area contributed by atoms with Crippen LogP contribution in [0.5, 0.6) is 5.75 Å². The van der Waals surface area contributed by atoms with E-state index in [2.05, 4.69) is 10.6 Å². The lowest BCUT2D eigenvalue weighted by molar-refractivity contribution is -0.118. The van der Waals surface area contributed by atoms with Crippen LogP contribution in [0.1, 0.15) is 16.7 Å². The number of carbonyl (C=O) groups is 1. The lowest BCUT2D eigenvalue weighted by Crippen LogP contribution is -2.20. The number of halogens is 3. The number of nitrogens with one attached hydrogen (secondary N) is 2. The van der Waals surface area contributed by atoms with E-state index in [1.807, 2.05) is 44.2 Å². The largest absolute Gasteiger partial charge is 0.482 e. The SMILES string of the molecule is Cc1ccc(NC(=O)COc2ccc(CNc3cc(Cl)ccc3C)cc2Cl)cc1Cl. The van der Waals surface area contributed by atoms with Gasteiger partial charge in [-0.25, -0.2) is 0 Å². The molecule has 4 nitrogen and oxygen atoms in total. The molecule has 30 heavy (non-hydrogen) atoms. The fraction of sp³-hybridized carbons (Fsp3) is 0.174. The van der Waals surface area contributed by atoms with Crippen molar-refractivity contribution in [2.45, 2.75) is 20.4 Å². The van der Waals surface area contributed by atoms with E-state index in [9.17, 15) is 4.79 Å². The van der Waals surface area contributed by atoms with Gasteiger partial charge in [0.2, 0.25) is 0 Å². The fourth-order valence-corrected chi connectivity index (χ4v) is 3.37. The van der Waals surface area contributed by atoms with Gasteiger partial charge in [-0.05, 0) is 66.9 Å². The maximum absolute atomic E-state index is 12.1. The van der Waals surface area contributed by atoms with Gasteiger partial charge < -0.3 is 15.4 Å². The third-order valence-corrected chi connectivity index (χ3v) is 5.43. The Kier molecular flexibility index (Phi) is 7.48. The number of hydrogen-bond acceptors (Lipinski definition) is 3. The number of benzene rings is 3. The van der Waals surface area contributed by atoms with Crippen LogP contribution < -0.4 is 15.4 Å². The summed E-state index contributed by atoms with van der Waals surface area (Å²) in [6.07, 6.45) is 0. The van der Waals surface area contributed by atoms with E-state index in [0.29, 0.717) is 33.0 Å². The number of ether oxygens (including phenoxy) is 1. The highest BCUT2D eigenvalue weighted by Crippen LogP contribution is 2.27. The molecule has 3 aromatic rings. The first-order valence-corrected chi connectivity index (χ1v) is 10.4.